The van der Waals surface area contributed by atoms with E-state index >= 15 is 0 Å². The zero-order valence-electron chi connectivity index (χ0n) is 15.7. The molecule has 0 N–H and O–H groups in total. The normalized spacial score (nSPS) is 28.0. The number of hydrogen-bond donors (Lipinski definition) is 0. The van der Waals surface area contributed by atoms with Gasteiger partial charge in [-0.05, 0) is 11.6 Å². The number of benzene rings is 2. The lowest BCUT2D eigenvalue weighted by Crippen LogP contribution is -2.49. The van der Waals surface area contributed by atoms with Crippen molar-refractivity contribution in [3.8, 4) is 0 Å². The molecule has 0 saturated carbocycles. The summed E-state index contributed by atoms with van der Waals surface area (Å²) in [6.45, 7) is 0.881. The van der Waals surface area contributed by atoms with Crippen molar-refractivity contribution in [2.24, 2.45) is 0 Å². The molecule has 3 atom stereocenters. The largest absolute Gasteiger partial charge is 0.343 e. The van der Waals surface area contributed by atoms with E-state index in [9.17, 15) is 18.4 Å². The minimum atomic E-state index is -1.000. The van der Waals surface area contributed by atoms with Gasteiger partial charge in [0.2, 0.25) is 11.8 Å². The molecular formula is C22H20F2N2O3. The molecule has 3 aliphatic rings. The van der Waals surface area contributed by atoms with E-state index in [2.05, 4.69) is 0 Å². The van der Waals surface area contributed by atoms with Crippen LogP contribution >= 0.6 is 0 Å². The molecule has 3 fully saturated rings. The van der Waals surface area contributed by atoms with Crippen LogP contribution in [0.5, 0.6) is 0 Å². The first kappa shape index (κ1) is 18.2. The van der Waals surface area contributed by atoms with E-state index in [-0.39, 0.29) is 36.3 Å². The van der Waals surface area contributed by atoms with Crippen LogP contribution in [0.1, 0.15) is 30.1 Å². The number of ether oxygens (including phenoxy) is 1. The van der Waals surface area contributed by atoms with Crippen LogP contribution in [0.2, 0.25) is 0 Å². The molecular weight excluding hydrogens is 378 g/mol. The summed E-state index contributed by atoms with van der Waals surface area (Å²) in [4.78, 5) is 28.9. The third-order valence-corrected chi connectivity index (χ3v) is 6.29. The highest BCUT2D eigenvalue weighted by Gasteiger charge is 2.64. The summed E-state index contributed by atoms with van der Waals surface area (Å²) in [5, 5.41) is 0. The predicted octanol–water partition coefficient (Wildman–Crippen LogP) is 2.81. The molecule has 1 spiro atoms. The summed E-state index contributed by atoms with van der Waals surface area (Å²) in [6.07, 6.45) is 0.230. The van der Waals surface area contributed by atoms with Crippen molar-refractivity contribution < 1.29 is 23.1 Å². The smallest absolute Gasteiger partial charge is 0.227 e. The van der Waals surface area contributed by atoms with E-state index in [1.165, 1.54) is 12.1 Å². The fourth-order valence-electron chi connectivity index (χ4n) is 4.91. The minimum Gasteiger partial charge on any atom is -0.343 e. The second-order valence-corrected chi connectivity index (χ2v) is 7.81. The first-order valence-electron chi connectivity index (χ1n) is 9.75. The first-order valence-corrected chi connectivity index (χ1v) is 9.75. The van der Waals surface area contributed by atoms with E-state index in [1.54, 1.807) is 9.80 Å². The summed E-state index contributed by atoms with van der Waals surface area (Å²) < 4.78 is 33.9. The monoisotopic (exact) mass is 398 g/mol. The molecule has 5 rings (SSSR count). The molecule has 0 aromatic heterocycles. The maximum Gasteiger partial charge on any atom is 0.227 e. The van der Waals surface area contributed by atoms with Gasteiger partial charge in [0.25, 0.3) is 0 Å². The van der Waals surface area contributed by atoms with Crippen molar-refractivity contribution in [2.45, 2.75) is 37.1 Å². The van der Waals surface area contributed by atoms with Crippen molar-refractivity contribution in [1.29, 1.82) is 0 Å². The molecule has 29 heavy (non-hydrogen) atoms. The van der Waals surface area contributed by atoms with Gasteiger partial charge in [-0.15, -0.1) is 0 Å². The molecule has 2 aromatic carbocycles. The summed E-state index contributed by atoms with van der Waals surface area (Å²) in [5.74, 6) is -2.33. The van der Waals surface area contributed by atoms with Gasteiger partial charge in [-0.25, -0.2) is 8.78 Å². The summed E-state index contributed by atoms with van der Waals surface area (Å²) in [7, 11) is 0. The fourth-order valence-corrected chi connectivity index (χ4v) is 4.91. The fraction of sp³-hybridized carbons (Fsp3) is 0.364. The maximum absolute atomic E-state index is 14.0. The van der Waals surface area contributed by atoms with E-state index in [0.717, 1.165) is 11.6 Å². The number of carbonyl (C=O) groups excluding carboxylic acids is 2. The molecule has 5 nitrogen and oxygen atoms in total. The highest BCUT2D eigenvalue weighted by atomic mass is 19.2. The zero-order chi connectivity index (χ0) is 20.2. The van der Waals surface area contributed by atoms with Gasteiger partial charge < -0.3 is 14.5 Å². The summed E-state index contributed by atoms with van der Waals surface area (Å²) >= 11 is 0. The molecule has 0 radical (unpaired) electrons. The zero-order valence-corrected chi connectivity index (χ0v) is 15.7. The van der Waals surface area contributed by atoms with Gasteiger partial charge in [0.1, 0.15) is 6.10 Å². The van der Waals surface area contributed by atoms with Crippen LogP contribution in [-0.2, 0) is 20.7 Å². The van der Waals surface area contributed by atoms with Crippen molar-refractivity contribution in [1.82, 2.24) is 9.80 Å². The molecule has 3 aliphatic heterocycles. The van der Waals surface area contributed by atoms with E-state index in [0.29, 0.717) is 19.5 Å². The quantitative estimate of drug-likeness (QED) is 0.799. The van der Waals surface area contributed by atoms with Crippen LogP contribution in [0.4, 0.5) is 8.78 Å². The van der Waals surface area contributed by atoms with Crippen LogP contribution in [0.15, 0.2) is 48.5 Å². The highest BCUT2D eigenvalue weighted by molar-refractivity contribution is 5.85. The van der Waals surface area contributed by atoms with Crippen LogP contribution in [-0.4, -0.2) is 46.5 Å². The van der Waals surface area contributed by atoms with Gasteiger partial charge in [-0.3, -0.25) is 9.59 Å². The van der Waals surface area contributed by atoms with Gasteiger partial charge in [0.05, 0.1) is 25.4 Å². The number of carbonyl (C=O) groups is 2. The molecule has 150 valence electrons. The molecule has 0 bridgehead atoms. The highest BCUT2D eigenvalue weighted by Crippen LogP contribution is 2.50. The van der Waals surface area contributed by atoms with E-state index in [4.69, 9.17) is 4.74 Å². The molecule has 7 heteroatoms. The first-order chi connectivity index (χ1) is 14.0. The SMILES string of the molecule is O=C(Cc1cccc(F)c1F)N1CC[C@@]23O[C@@H](c4ccccc4)CN2C(=O)C[C@@H]13. The minimum absolute atomic E-state index is 0.0200. The average Bonchev–Trinajstić information content (AvgIpc) is 3.35. The molecule has 2 aromatic rings. The number of nitrogens with zero attached hydrogens (tertiary/aromatic N) is 2. The van der Waals surface area contributed by atoms with Crippen LogP contribution < -0.4 is 0 Å². The van der Waals surface area contributed by atoms with Crippen LogP contribution in [0, 0.1) is 11.6 Å². The Hall–Kier alpha value is -2.80. The lowest BCUT2D eigenvalue weighted by Gasteiger charge is -2.32. The van der Waals surface area contributed by atoms with E-state index in [1.807, 2.05) is 30.3 Å². The Balaban J connectivity index is 1.38. The van der Waals surface area contributed by atoms with E-state index < -0.39 is 23.4 Å². The van der Waals surface area contributed by atoms with Gasteiger partial charge in [-0.1, -0.05) is 42.5 Å². The maximum atomic E-state index is 14.0. The van der Waals surface area contributed by atoms with Gasteiger partial charge in [-0.2, -0.15) is 0 Å². The third-order valence-electron chi connectivity index (χ3n) is 6.29. The lowest BCUT2D eigenvalue weighted by molar-refractivity contribution is -0.142. The Bertz CT molecular complexity index is 983. The van der Waals surface area contributed by atoms with Crippen LogP contribution in [0.25, 0.3) is 0 Å². The van der Waals surface area contributed by atoms with Crippen molar-refractivity contribution in [3.63, 3.8) is 0 Å². The molecule has 3 heterocycles. The Labute approximate surface area is 166 Å². The molecule has 0 unspecified atom stereocenters. The Morgan fingerprint density at radius 3 is 2.72 bits per heavy atom. The Morgan fingerprint density at radius 1 is 1.14 bits per heavy atom. The van der Waals surface area contributed by atoms with Gasteiger partial charge in [0.15, 0.2) is 17.4 Å². The number of halogens is 2. The number of likely N-dealkylation sites (tertiary alicyclic amines) is 1. The topological polar surface area (TPSA) is 49.9 Å². The molecule has 0 aliphatic carbocycles. The van der Waals surface area contributed by atoms with Crippen molar-refractivity contribution >= 4 is 11.8 Å². The Kier molecular flexibility index (Phi) is 4.17. The third kappa shape index (κ3) is 2.75. The predicted molar refractivity (Wildman–Crippen MR) is 99.5 cm³/mol. The standard InChI is InChI=1S/C22H20F2N2O3/c23-16-8-4-7-15(21(16)24)11-19(27)25-10-9-22-18(25)12-20(28)26(22)13-17(29-22)14-5-2-1-3-6-14/h1-8,17-18H,9-13H2/t17-,18-,22+/m1/s1. The second kappa shape index (κ2) is 6.62. The molecule has 2 amide bonds. The number of hydrogen-bond acceptors (Lipinski definition) is 3. The lowest BCUT2D eigenvalue weighted by atomic mass is 10.1. The number of amides is 2. The second-order valence-electron chi connectivity index (χ2n) is 7.81. The van der Waals surface area contributed by atoms with Crippen molar-refractivity contribution in [3.05, 3.63) is 71.3 Å². The summed E-state index contributed by atoms with van der Waals surface area (Å²) in [6, 6.07) is 13.1. The van der Waals surface area contributed by atoms with Crippen LogP contribution in [0.3, 0.4) is 0 Å². The summed E-state index contributed by atoms with van der Waals surface area (Å²) in [5.41, 5.74) is 0.189. The average molecular weight is 398 g/mol. The number of rotatable bonds is 3. The van der Waals surface area contributed by atoms with Gasteiger partial charge >= 0.3 is 0 Å². The van der Waals surface area contributed by atoms with Crippen molar-refractivity contribution in [2.75, 3.05) is 13.1 Å². The van der Waals surface area contributed by atoms with Gasteiger partial charge in [0, 0.05) is 18.5 Å². The molecule has 3 saturated heterocycles. The Morgan fingerprint density at radius 2 is 1.93 bits per heavy atom.